The normalized spacial score (nSPS) is 10.5. The van der Waals surface area contributed by atoms with Gasteiger partial charge in [0.25, 0.3) is 0 Å². The number of carbonyl (C=O) groups excluding carboxylic acids is 1. The summed E-state index contributed by atoms with van der Waals surface area (Å²) in [5.41, 5.74) is 0.632. The maximum atomic E-state index is 11.3. The van der Waals surface area contributed by atoms with E-state index in [-0.39, 0.29) is 12.4 Å². The van der Waals surface area contributed by atoms with Gasteiger partial charge in [-0.25, -0.2) is 4.68 Å². The third-order valence-electron chi connectivity index (χ3n) is 2.94. The molecule has 0 aliphatic rings. The molecule has 106 valence electrons. The first-order valence-electron chi connectivity index (χ1n) is 6.69. The Bertz CT molecular complexity index is 580. The van der Waals surface area contributed by atoms with Crippen LogP contribution in [0.3, 0.4) is 0 Å². The fourth-order valence-electron chi connectivity index (χ4n) is 1.76. The molecule has 0 unspecified atom stereocenters. The Morgan fingerprint density at radius 3 is 3.00 bits per heavy atom. The lowest BCUT2D eigenvalue weighted by atomic mass is 10.1. The van der Waals surface area contributed by atoms with Crippen molar-refractivity contribution in [2.75, 3.05) is 0 Å². The average molecular weight is 274 g/mol. The van der Waals surface area contributed by atoms with Crippen LogP contribution in [0.25, 0.3) is 0 Å². The molecule has 0 radical (unpaired) electrons. The molecule has 0 bridgehead atoms. The fourth-order valence-corrected chi connectivity index (χ4v) is 1.76. The Morgan fingerprint density at radius 1 is 1.40 bits per heavy atom. The molecule has 0 fully saturated rings. The molecule has 1 aromatic heterocycles. The lowest BCUT2D eigenvalue weighted by molar-refractivity contribution is 0.101. The largest absolute Gasteiger partial charge is 0.486 e. The van der Waals surface area contributed by atoms with Crippen molar-refractivity contribution < 1.29 is 9.53 Å². The highest BCUT2D eigenvalue weighted by Crippen LogP contribution is 2.15. The van der Waals surface area contributed by atoms with Crippen molar-refractivity contribution in [1.82, 2.24) is 20.2 Å². The number of hydrogen-bond donors (Lipinski definition) is 0. The topological polar surface area (TPSA) is 69.9 Å². The van der Waals surface area contributed by atoms with Gasteiger partial charge in [0.1, 0.15) is 12.4 Å². The second-order valence-corrected chi connectivity index (χ2v) is 4.54. The van der Waals surface area contributed by atoms with Crippen molar-refractivity contribution in [2.45, 2.75) is 39.8 Å². The SMILES string of the molecule is CCCCn1nnnc1COc1cccc(C(C)=O)c1. The number of aryl methyl sites for hydroxylation is 1. The molecule has 6 nitrogen and oxygen atoms in total. The number of carbonyl (C=O) groups is 1. The van der Waals surface area contributed by atoms with Crippen LogP contribution in [0.4, 0.5) is 0 Å². The van der Waals surface area contributed by atoms with E-state index in [0.29, 0.717) is 17.1 Å². The van der Waals surface area contributed by atoms with E-state index in [4.69, 9.17) is 4.74 Å². The summed E-state index contributed by atoms with van der Waals surface area (Å²) in [6, 6.07) is 7.10. The van der Waals surface area contributed by atoms with Crippen LogP contribution < -0.4 is 4.74 Å². The van der Waals surface area contributed by atoms with Gasteiger partial charge in [0.2, 0.25) is 0 Å². The van der Waals surface area contributed by atoms with Gasteiger partial charge in [0.15, 0.2) is 11.6 Å². The zero-order valence-electron chi connectivity index (χ0n) is 11.7. The van der Waals surface area contributed by atoms with Crippen LogP contribution >= 0.6 is 0 Å². The highest BCUT2D eigenvalue weighted by molar-refractivity contribution is 5.94. The summed E-state index contributed by atoms with van der Waals surface area (Å²) in [4.78, 5) is 11.3. The van der Waals surface area contributed by atoms with Crippen LogP contribution in [-0.4, -0.2) is 26.0 Å². The van der Waals surface area contributed by atoms with Gasteiger partial charge >= 0.3 is 0 Å². The predicted molar refractivity (Wildman–Crippen MR) is 73.5 cm³/mol. The summed E-state index contributed by atoms with van der Waals surface area (Å²) in [6.07, 6.45) is 2.11. The number of benzene rings is 1. The minimum Gasteiger partial charge on any atom is -0.486 e. The van der Waals surface area contributed by atoms with E-state index in [2.05, 4.69) is 22.4 Å². The molecule has 0 N–H and O–H groups in total. The summed E-state index contributed by atoms with van der Waals surface area (Å²) in [7, 11) is 0. The third-order valence-corrected chi connectivity index (χ3v) is 2.94. The van der Waals surface area contributed by atoms with Crippen LogP contribution in [0.15, 0.2) is 24.3 Å². The number of nitrogens with zero attached hydrogens (tertiary/aromatic N) is 4. The van der Waals surface area contributed by atoms with E-state index < -0.39 is 0 Å². The maximum Gasteiger partial charge on any atom is 0.189 e. The highest BCUT2D eigenvalue weighted by atomic mass is 16.5. The van der Waals surface area contributed by atoms with E-state index in [9.17, 15) is 4.79 Å². The Labute approximate surface area is 117 Å². The van der Waals surface area contributed by atoms with Crippen LogP contribution in [-0.2, 0) is 13.2 Å². The minimum atomic E-state index is 0.0169. The van der Waals surface area contributed by atoms with Crippen molar-refractivity contribution >= 4 is 5.78 Å². The van der Waals surface area contributed by atoms with Gasteiger partial charge in [-0.3, -0.25) is 4.79 Å². The Hall–Kier alpha value is -2.24. The van der Waals surface area contributed by atoms with Crippen molar-refractivity contribution in [1.29, 1.82) is 0 Å². The van der Waals surface area contributed by atoms with Crippen molar-refractivity contribution in [3.63, 3.8) is 0 Å². The Kier molecular flexibility index (Phi) is 4.81. The zero-order valence-corrected chi connectivity index (χ0v) is 11.7. The number of hydrogen-bond acceptors (Lipinski definition) is 5. The second kappa shape index (κ2) is 6.79. The lowest BCUT2D eigenvalue weighted by Gasteiger charge is -2.07. The van der Waals surface area contributed by atoms with Gasteiger partial charge in [0, 0.05) is 12.1 Å². The van der Waals surface area contributed by atoms with Gasteiger partial charge in [-0.15, -0.1) is 5.10 Å². The first kappa shape index (κ1) is 14.2. The quantitative estimate of drug-likeness (QED) is 0.724. The molecule has 0 atom stereocenters. The van der Waals surface area contributed by atoms with Crippen molar-refractivity contribution in [3.05, 3.63) is 35.7 Å². The Balaban J connectivity index is 2.00. The molecule has 0 aliphatic heterocycles. The van der Waals surface area contributed by atoms with E-state index >= 15 is 0 Å². The van der Waals surface area contributed by atoms with Crippen molar-refractivity contribution in [3.8, 4) is 5.75 Å². The molecule has 6 heteroatoms. The van der Waals surface area contributed by atoms with Gasteiger partial charge in [-0.05, 0) is 35.9 Å². The molecule has 2 rings (SSSR count). The average Bonchev–Trinajstić information content (AvgIpc) is 2.90. The highest BCUT2D eigenvalue weighted by Gasteiger charge is 2.07. The predicted octanol–water partition coefficient (Wildman–Crippen LogP) is 2.25. The smallest absolute Gasteiger partial charge is 0.189 e. The summed E-state index contributed by atoms with van der Waals surface area (Å²) < 4.78 is 7.39. The Morgan fingerprint density at radius 2 is 2.25 bits per heavy atom. The number of unbranched alkanes of at least 4 members (excludes halogenated alkanes) is 1. The number of rotatable bonds is 7. The number of ketones is 1. The number of Topliss-reactive ketones (excluding diaryl/α,β-unsaturated/α-hetero) is 1. The van der Waals surface area contributed by atoms with Crippen molar-refractivity contribution in [2.24, 2.45) is 0 Å². The van der Waals surface area contributed by atoms with Gasteiger partial charge < -0.3 is 4.74 Å². The molecular formula is C14H18N4O2. The number of aromatic nitrogens is 4. The molecule has 0 amide bonds. The molecule has 1 aromatic carbocycles. The first-order chi connectivity index (χ1) is 9.70. The van der Waals surface area contributed by atoms with E-state index in [1.165, 1.54) is 6.92 Å². The minimum absolute atomic E-state index is 0.0169. The van der Waals surface area contributed by atoms with Crippen LogP contribution in [0.2, 0.25) is 0 Å². The fraction of sp³-hybridized carbons (Fsp3) is 0.429. The van der Waals surface area contributed by atoms with Gasteiger partial charge in [0.05, 0.1) is 0 Å². The van der Waals surface area contributed by atoms with E-state index in [1.807, 2.05) is 6.07 Å². The lowest BCUT2D eigenvalue weighted by Crippen LogP contribution is -2.09. The summed E-state index contributed by atoms with van der Waals surface area (Å²) in [6.45, 7) is 4.73. The summed E-state index contributed by atoms with van der Waals surface area (Å²) in [5, 5.41) is 11.5. The van der Waals surface area contributed by atoms with Crippen LogP contribution in [0.1, 0.15) is 42.9 Å². The molecule has 2 aromatic rings. The molecule has 0 saturated heterocycles. The molecule has 0 spiro atoms. The molecule has 0 aliphatic carbocycles. The number of ether oxygens (including phenoxy) is 1. The molecule has 20 heavy (non-hydrogen) atoms. The molecule has 0 saturated carbocycles. The maximum absolute atomic E-state index is 11.3. The summed E-state index contributed by atoms with van der Waals surface area (Å²) in [5.74, 6) is 1.35. The van der Waals surface area contributed by atoms with Crippen LogP contribution in [0, 0.1) is 0 Å². The monoisotopic (exact) mass is 274 g/mol. The third kappa shape index (κ3) is 3.63. The van der Waals surface area contributed by atoms with E-state index in [1.54, 1.807) is 22.9 Å². The zero-order chi connectivity index (χ0) is 14.4. The summed E-state index contributed by atoms with van der Waals surface area (Å²) >= 11 is 0. The number of tetrazole rings is 1. The van der Waals surface area contributed by atoms with Crippen LogP contribution in [0.5, 0.6) is 5.75 Å². The first-order valence-corrected chi connectivity index (χ1v) is 6.69. The molecule has 1 heterocycles. The van der Waals surface area contributed by atoms with Gasteiger partial charge in [-0.1, -0.05) is 25.5 Å². The van der Waals surface area contributed by atoms with Gasteiger partial charge in [-0.2, -0.15) is 0 Å². The van der Waals surface area contributed by atoms with E-state index in [0.717, 1.165) is 19.4 Å². The standard InChI is InChI=1S/C14H18N4O2/c1-3-4-8-18-14(15-16-17-18)10-20-13-7-5-6-12(9-13)11(2)19/h5-7,9H,3-4,8,10H2,1-2H3. The second-order valence-electron chi connectivity index (χ2n) is 4.54. The molecular weight excluding hydrogens is 256 g/mol.